The first kappa shape index (κ1) is 18.3. The molecule has 0 spiro atoms. The third kappa shape index (κ3) is 3.54. The predicted octanol–water partition coefficient (Wildman–Crippen LogP) is 2.84. The highest BCUT2D eigenvalue weighted by atomic mass is 35.5. The van der Waals surface area contributed by atoms with Crippen LogP contribution in [0.4, 0.5) is 9.18 Å². The molecular weight excluding hydrogens is 364 g/mol. The topological polar surface area (TPSA) is 86.3 Å². The molecule has 3 rings (SSSR count). The summed E-state index contributed by atoms with van der Waals surface area (Å²) in [6.45, 7) is 0.110. The van der Waals surface area contributed by atoms with E-state index in [0.717, 1.165) is 0 Å². The van der Waals surface area contributed by atoms with Gasteiger partial charge in [0.25, 0.3) is 0 Å². The van der Waals surface area contributed by atoms with Gasteiger partial charge in [-0.05, 0) is 24.1 Å². The number of hydrogen-bond acceptors (Lipinski definition) is 4. The van der Waals surface area contributed by atoms with Gasteiger partial charge in [-0.2, -0.15) is 5.10 Å². The molecule has 1 aromatic carbocycles. The van der Waals surface area contributed by atoms with E-state index >= 15 is 0 Å². The lowest BCUT2D eigenvalue weighted by atomic mass is 10.1. The molecule has 0 fully saturated rings. The summed E-state index contributed by atoms with van der Waals surface area (Å²) in [7, 11) is 0. The fourth-order valence-electron chi connectivity index (χ4n) is 2.63. The lowest BCUT2D eigenvalue weighted by Crippen LogP contribution is -2.33. The van der Waals surface area contributed by atoms with Gasteiger partial charge in [0, 0.05) is 12.8 Å². The summed E-state index contributed by atoms with van der Waals surface area (Å²) in [6, 6.07) is 4.15. The molecule has 1 N–H and O–H groups in total. The first-order valence-electron chi connectivity index (χ1n) is 6.97. The fraction of sp³-hybridized carbons (Fsp3) is 0.357. The quantitative estimate of drug-likeness (QED) is 0.831. The van der Waals surface area contributed by atoms with Gasteiger partial charge in [-0.1, -0.05) is 17.7 Å². The standard InChI is InChI=1S/C14H13ClFN3O4.ClH/c15-9-6-8(4-5-10(9)16)7-18-13(20)19-11(17-18)2-1-3-12(19)23-14(21)22;/h4-6,12H,1-3,7H2,(H,21,22);1H. The van der Waals surface area contributed by atoms with Crippen molar-refractivity contribution in [3.05, 3.63) is 50.9 Å². The van der Waals surface area contributed by atoms with Crippen molar-refractivity contribution >= 4 is 30.2 Å². The van der Waals surface area contributed by atoms with Gasteiger partial charge < -0.3 is 9.84 Å². The van der Waals surface area contributed by atoms with Crippen molar-refractivity contribution in [1.29, 1.82) is 0 Å². The first-order valence-corrected chi connectivity index (χ1v) is 7.35. The van der Waals surface area contributed by atoms with Crippen LogP contribution in [0.25, 0.3) is 0 Å². The number of nitrogens with zero attached hydrogens (tertiary/aromatic N) is 3. The van der Waals surface area contributed by atoms with Crippen molar-refractivity contribution < 1.29 is 19.0 Å². The minimum atomic E-state index is -1.44. The van der Waals surface area contributed by atoms with E-state index in [9.17, 15) is 14.0 Å². The van der Waals surface area contributed by atoms with Crippen LogP contribution >= 0.6 is 24.0 Å². The van der Waals surface area contributed by atoms with Crippen LogP contribution in [-0.4, -0.2) is 25.6 Å². The summed E-state index contributed by atoms with van der Waals surface area (Å²) in [5.74, 6) is -0.0671. The smallest absolute Gasteiger partial charge is 0.450 e. The Bertz CT molecular complexity index is 821. The molecule has 0 aliphatic carbocycles. The van der Waals surface area contributed by atoms with Crippen molar-refractivity contribution in [3.63, 3.8) is 0 Å². The molecule has 1 unspecified atom stereocenters. The zero-order chi connectivity index (χ0) is 16.6. The van der Waals surface area contributed by atoms with Gasteiger partial charge in [0.2, 0.25) is 0 Å². The second-order valence-corrected chi connectivity index (χ2v) is 5.61. The minimum Gasteiger partial charge on any atom is -0.450 e. The van der Waals surface area contributed by atoms with E-state index in [0.29, 0.717) is 30.7 Å². The minimum absolute atomic E-state index is 0. The number of hydrogen-bond donors (Lipinski definition) is 1. The summed E-state index contributed by atoms with van der Waals surface area (Å²) in [4.78, 5) is 23.2. The van der Waals surface area contributed by atoms with Crippen molar-refractivity contribution in [2.45, 2.75) is 32.0 Å². The van der Waals surface area contributed by atoms with Crippen LogP contribution in [0.3, 0.4) is 0 Å². The maximum absolute atomic E-state index is 13.2. The van der Waals surface area contributed by atoms with Gasteiger partial charge in [-0.25, -0.2) is 23.2 Å². The number of fused-ring (bicyclic) bond motifs is 1. The van der Waals surface area contributed by atoms with E-state index in [-0.39, 0.29) is 24.0 Å². The van der Waals surface area contributed by atoms with Crippen LogP contribution in [0.5, 0.6) is 0 Å². The molecule has 10 heteroatoms. The highest BCUT2D eigenvalue weighted by Crippen LogP contribution is 2.23. The Hall–Kier alpha value is -2.06. The zero-order valence-electron chi connectivity index (χ0n) is 12.3. The third-order valence-corrected chi connectivity index (χ3v) is 3.92. The second-order valence-electron chi connectivity index (χ2n) is 5.21. The Morgan fingerprint density at radius 1 is 1.50 bits per heavy atom. The molecule has 1 aromatic heterocycles. The maximum Gasteiger partial charge on any atom is 0.507 e. The second kappa shape index (κ2) is 7.23. The summed E-state index contributed by atoms with van der Waals surface area (Å²) < 4.78 is 20.4. The molecule has 0 bridgehead atoms. The number of benzene rings is 1. The van der Waals surface area contributed by atoms with Crippen LogP contribution < -0.4 is 5.69 Å². The zero-order valence-corrected chi connectivity index (χ0v) is 13.9. The SMILES string of the molecule is Cl.O=C(O)OC1CCCc2nn(Cc3ccc(F)c(Cl)c3)c(=O)n21. The van der Waals surface area contributed by atoms with Crippen LogP contribution in [0, 0.1) is 5.82 Å². The number of carboxylic acid groups (broad SMARTS) is 1. The normalized spacial score (nSPS) is 16.2. The van der Waals surface area contributed by atoms with E-state index < -0.39 is 23.9 Å². The average Bonchev–Trinajstić information content (AvgIpc) is 2.80. The predicted molar refractivity (Wildman–Crippen MR) is 85.3 cm³/mol. The molecule has 1 aliphatic heterocycles. The monoisotopic (exact) mass is 377 g/mol. The molecule has 0 amide bonds. The molecule has 7 nitrogen and oxygen atoms in total. The molecule has 130 valence electrons. The van der Waals surface area contributed by atoms with Gasteiger partial charge in [-0.15, -0.1) is 12.4 Å². The molecule has 2 aromatic rings. The van der Waals surface area contributed by atoms with E-state index in [1.54, 1.807) is 0 Å². The number of aryl methyl sites for hydroxylation is 1. The van der Waals surface area contributed by atoms with Crippen LogP contribution in [0.2, 0.25) is 5.02 Å². The van der Waals surface area contributed by atoms with Crippen molar-refractivity contribution in [3.8, 4) is 0 Å². The van der Waals surface area contributed by atoms with Crippen LogP contribution in [0.15, 0.2) is 23.0 Å². The van der Waals surface area contributed by atoms with Crippen molar-refractivity contribution in [2.75, 3.05) is 0 Å². The lowest BCUT2D eigenvalue weighted by Gasteiger charge is -2.21. The highest BCUT2D eigenvalue weighted by Gasteiger charge is 2.28. The average molecular weight is 378 g/mol. The van der Waals surface area contributed by atoms with Crippen LogP contribution in [0.1, 0.15) is 30.5 Å². The molecule has 0 saturated carbocycles. The fourth-order valence-corrected chi connectivity index (χ4v) is 2.83. The van der Waals surface area contributed by atoms with Gasteiger partial charge in [0.05, 0.1) is 11.6 Å². The molecule has 0 saturated heterocycles. The van der Waals surface area contributed by atoms with Crippen molar-refractivity contribution in [2.24, 2.45) is 0 Å². The van der Waals surface area contributed by atoms with Gasteiger partial charge >= 0.3 is 11.8 Å². The van der Waals surface area contributed by atoms with Gasteiger partial charge in [0.15, 0.2) is 6.23 Å². The maximum atomic E-state index is 13.2. The Kier molecular flexibility index (Phi) is 5.51. The number of rotatable bonds is 3. The first-order chi connectivity index (χ1) is 11.0. The van der Waals surface area contributed by atoms with E-state index in [2.05, 4.69) is 5.10 Å². The Morgan fingerprint density at radius 2 is 2.25 bits per heavy atom. The molecule has 1 atom stereocenters. The summed E-state index contributed by atoms with van der Waals surface area (Å²) in [5, 5.41) is 12.9. The lowest BCUT2D eigenvalue weighted by molar-refractivity contribution is 0.00392. The molecule has 1 aliphatic rings. The number of aromatic nitrogens is 3. The van der Waals surface area contributed by atoms with E-state index in [1.165, 1.54) is 27.4 Å². The highest BCUT2D eigenvalue weighted by molar-refractivity contribution is 6.30. The van der Waals surface area contributed by atoms with E-state index in [1.807, 2.05) is 0 Å². The summed E-state index contributed by atoms with van der Waals surface area (Å²) in [5.41, 5.74) is 0.149. The summed E-state index contributed by atoms with van der Waals surface area (Å²) in [6.07, 6.45) is -0.641. The Balaban J connectivity index is 0.00000208. The number of carbonyl (C=O) groups is 1. The Labute approximate surface area is 147 Å². The number of halogens is 3. The number of ether oxygens (including phenoxy) is 1. The molecule has 2 heterocycles. The van der Waals surface area contributed by atoms with Crippen molar-refractivity contribution in [1.82, 2.24) is 14.3 Å². The Morgan fingerprint density at radius 3 is 2.92 bits per heavy atom. The molecule has 0 radical (unpaired) electrons. The van der Waals surface area contributed by atoms with E-state index in [4.69, 9.17) is 21.4 Å². The summed E-state index contributed by atoms with van der Waals surface area (Å²) >= 11 is 5.73. The molecular formula is C14H14Cl2FN3O4. The van der Waals surface area contributed by atoms with Crippen LogP contribution in [-0.2, 0) is 17.7 Å². The van der Waals surface area contributed by atoms with Gasteiger partial charge in [-0.3, -0.25) is 0 Å². The molecule has 24 heavy (non-hydrogen) atoms. The third-order valence-electron chi connectivity index (χ3n) is 3.63. The largest absolute Gasteiger partial charge is 0.507 e. The van der Waals surface area contributed by atoms with Gasteiger partial charge in [0.1, 0.15) is 11.6 Å².